The fourth-order valence-electron chi connectivity index (χ4n) is 2.74. The maximum atomic E-state index is 10.3. The zero-order valence-corrected chi connectivity index (χ0v) is 11.2. The summed E-state index contributed by atoms with van der Waals surface area (Å²) in [7, 11) is 0. The zero-order valence-electron chi connectivity index (χ0n) is 11.2. The first-order valence-electron chi connectivity index (χ1n) is 6.60. The maximum absolute atomic E-state index is 10.3. The molecule has 1 saturated carbocycles. The van der Waals surface area contributed by atoms with Gasteiger partial charge in [-0.25, -0.2) is 0 Å². The predicted octanol–water partition coefficient (Wildman–Crippen LogP) is 2.48. The van der Waals surface area contributed by atoms with Crippen LogP contribution >= 0.6 is 0 Å². The summed E-state index contributed by atoms with van der Waals surface area (Å²) in [6.07, 6.45) is 3.84. The van der Waals surface area contributed by atoms with Crippen LogP contribution in [0, 0.1) is 13.8 Å². The summed E-state index contributed by atoms with van der Waals surface area (Å²) in [6.45, 7) is 4.36. The van der Waals surface area contributed by atoms with E-state index in [2.05, 4.69) is 0 Å². The number of rotatable bonds is 4. The third kappa shape index (κ3) is 2.85. The molecule has 3 nitrogen and oxygen atoms in total. The molecule has 0 saturated heterocycles. The Kier molecular flexibility index (Phi) is 3.93. The zero-order chi connectivity index (χ0) is 13.2. The topological polar surface area (TPSA) is 49.7 Å². The quantitative estimate of drug-likeness (QED) is 0.863. The minimum absolute atomic E-state index is 0.0475. The maximum Gasteiger partial charge on any atom is 0.125 e. The van der Waals surface area contributed by atoms with Crippen molar-refractivity contribution >= 4 is 0 Å². The van der Waals surface area contributed by atoms with Crippen molar-refractivity contribution in [3.63, 3.8) is 0 Å². The minimum Gasteiger partial charge on any atom is -0.490 e. The van der Waals surface area contributed by atoms with Crippen molar-refractivity contribution in [1.29, 1.82) is 0 Å². The van der Waals surface area contributed by atoms with Crippen molar-refractivity contribution in [3.8, 4) is 5.75 Å². The van der Waals surface area contributed by atoms with Gasteiger partial charge in [0.25, 0.3) is 0 Å². The van der Waals surface area contributed by atoms with Gasteiger partial charge in [-0.1, -0.05) is 25.0 Å². The van der Waals surface area contributed by atoms with Gasteiger partial charge in [0, 0.05) is 0 Å². The van der Waals surface area contributed by atoms with Crippen molar-refractivity contribution in [2.24, 2.45) is 0 Å². The number of ether oxygens (including phenoxy) is 1. The van der Waals surface area contributed by atoms with Crippen LogP contribution in [0.5, 0.6) is 5.75 Å². The van der Waals surface area contributed by atoms with E-state index in [-0.39, 0.29) is 6.61 Å². The molecule has 0 amide bonds. The number of aliphatic hydroxyl groups excluding tert-OH is 1. The number of aliphatic hydroxyl groups is 2. The summed E-state index contributed by atoms with van der Waals surface area (Å²) >= 11 is 0. The lowest BCUT2D eigenvalue weighted by atomic mass is 10.0. The van der Waals surface area contributed by atoms with Crippen LogP contribution in [0.15, 0.2) is 12.1 Å². The Hall–Kier alpha value is -1.06. The molecule has 1 fully saturated rings. The van der Waals surface area contributed by atoms with E-state index < -0.39 is 5.60 Å². The van der Waals surface area contributed by atoms with Crippen molar-refractivity contribution < 1.29 is 14.9 Å². The smallest absolute Gasteiger partial charge is 0.125 e. The van der Waals surface area contributed by atoms with E-state index in [1.807, 2.05) is 26.0 Å². The van der Waals surface area contributed by atoms with E-state index in [0.29, 0.717) is 6.61 Å². The molecule has 1 aliphatic carbocycles. The van der Waals surface area contributed by atoms with Crippen LogP contribution < -0.4 is 4.74 Å². The molecular formula is C15H22O3. The van der Waals surface area contributed by atoms with Gasteiger partial charge in [0.05, 0.1) is 12.2 Å². The molecule has 1 aromatic rings. The van der Waals surface area contributed by atoms with Crippen LogP contribution in [0.1, 0.15) is 42.4 Å². The second kappa shape index (κ2) is 5.29. The van der Waals surface area contributed by atoms with Crippen LogP contribution in [0.25, 0.3) is 0 Å². The lowest BCUT2D eigenvalue weighted by Gasteiger charge is -2.24. The van der Waals surface area contributed by atoms with Gasteiger partial charge in [-0.3, -0.25) is 0 Å². The average molecular weight is 250 g/mol. The fourth-order valence-corrected chi connectivity index (χ4v) is 2.74. The van der Waals surface area contributed by atoms with Crippen LogP contribution in [-0.2, 0) is 6.61 Å². The van der Waals surface area contributed by atoms with Gasteiger partial charge in [0.15, 0.2) is 0 Å². The van der Waals surface area contributed by atoms with E-state index in [1.54, 1.807) is 0 Å². The first-order chi connectivity index (χ1) is 8.54. The van der Waals surface area contributed by atoms with Crippen LogP contribution in [0.3, 0.4) is 0 Å². The molecule has 0 unspecified atom stereocenters. The third-order valence-corrected chi connectivity index (χ3v) is 3.72. The number of benzene rings is 1. The Morgan fingerprint density at radius 3 is 2.22 bits per heavy atom. The molecule has 2 N–H and O–H groups in total. The van der Waals surface area contributed by atoms with Crippen molar-refractivity contribution in [2.45, 2.75) is 51.7 Å². The van der Waals surface area contributed by atoms with Crippen molar-refractivity contribution in [3.05, 3.63) is 28.8 Å². The summed E-state index contributed by atoms with van der Waals surface area (Å²) in [4.78, 5) is 0. The SMILES string of the molecule is Cc1cc(CO)cc(C)c1OCC1(O)CCCC1. The summed E-state index contributed by atoms with van der Waals surface area (Å²) in [5, 5.41) is 19.4. The van der Waals surface area contributed by atoms with Crippen LogP contribution in [-0.4, -0.2) is 22.4 Å². The molecule has 1 aliphatic rings. The Morgan fingerprint density at radius 2 is 1.72 bits per heavy atom. The van der Waals surface area contributed by atoms with Gasteiger partial charge in [-0.15, -0.1) is 0 Å². The largest absolute Gasteiger partial charge is 0.490 e. The number of hydrogen-bond donors (Lipinski definition) is 2. The Balaban J connectivity index is 2.09. The number of aryl methyl sites for hydroxylation is 2. The van der Waals surface area contributed by atoms with E-state index in [0.717, 1.165) is 48.1 Å². The standard InChI is InChI=1S/C15H22O3/c1-11-7-13(9-16)8-12(2)14(11)18-10-15(17)5-3-4-6-15/h7-8,16-17H,3-6,9-10H2,1-2H3. The minimum atomic E-state index is -0.644. The highest BCUT2D eigenvalue weighted by molar-refractivity contribution is 5.43. The first-order valence-corrected chi connectivity index (χ1v) is 6.60. The highest BCUT2D eigenvalue weighted by atomic mass is 16.5. The first kappa shape index (κ1) is 13.4. The molecule has 0 aromatic heterocycles. The molecule has 0 heterocycles. The van der Waals surface area contributed by atoms with Crippen molar-refractivity contribution in [2.75, 3.05) is 6.61 Å². The summed E-state index contributed by atoms with van der Waals surface area (Å²) in [5.41, 5.74) is 2.28. The van der Waals surface area contributed by atoms with Gasteiger partial charge in [-0.2, -0.15) is 0 Å². The lowest BCUT2D eigenvalue weighted by Crippen LogP contribution is -2.32. The molecule has 2 rings (SSSR count). The molecule has 1 aromatic carbocycles. The van der Waals surface area contributed by atoms with E-state index >= 15 is 0 Å². The summed E-state index contributed by atoms with van der Waals surface area (Å²) in [5.74, 6) is 0.840. The Bertz CT molecular complexity index is 397. The van der Waals surface area contributed by atoms with Gasteiger partial charge in [0.1, 0.15) is 12.4 Å². The van der Waals surface area contributed by atoms with Crippen LogP contribution in [0.4, 0.5) is 0 Å². The third-order valence-electron chi connectivity index (χ3n) is 3.72. The normalized spacial score (nSPS) is 18.0. The Morgan fingerprint density at radius 1 is 1.17 bits per heavy atom. The highest BCUT2D eigenvalue weighted by Crippen LogP contribution is 2.32. The summed E-state index contributed by atoms with van der Waals surface area (Å²) < 4.78 is 5.82. The molecule has 0 radical (unpaired) electrons. The molecule has 0 bridgehead atoms. The predicted molar refractivity (Wildman–Crippen MR) is 70.8 cm³/mol. The molecule has 18 heavy (non-hydrogen) atoms. The lowest BCUT2D eigenvalue weighted by molar-refractivity contribution is 0.00102. The molecule has 100 valence electrons. The van der Waals surface area contributed by atoms with E-state index in [9.17, 15) is 5.11 Å². The molecule has 0 atom stereocenters. The fraction of sp³-hybridized carbons (Fsp3) is 0.600. The molecular weight excluding hydrogens is 228 g/mol. The van der Waals surface area contributed by atoms with Gasteiger partial charge in [0.2, 0.25) is 0 Å². The van der Waals surface area contributed by atoms with E-state index in [4.69, 9.17) is 9.84 Å². The highest BCUT2D eigenvalue weighted by Gasteiger charge is 2.32. The van der Waals surface area contributed by atoms with Gasteiger partial charge < -0.3 is 14.9 Å². The second-order valence-electron chi connectivity index (χ2n) is 5.44. The second-order valence-corrected chi connectivity index (χ2v) is 5.44. The average Bonchev–Trinajstić information content (AvgIpc) is 2.75. The molecule has 0 spiro atoms. The molecule has 3 heteroatoms. The Labute approximate surface area is 108 Å². The number of hydrogen-bond acceptors (Lipinski definition) is 3. The van der Waals surface area contributed by atoms with E-state index in [1.165, 1.54) is 0 Å². The summed E-state index contributed by atoms with van der Waals surface area (Å²) in [6, 6.07) is 3.86. The monoisotopic (exact) mass is 250 g/mol. The molecule has 0 aliphatic heterocycles. The van der Waals surface area contributed by atoms with Gasteiger partial charge in [-0.05, 0) is 43.4 Å². The van der Waals surface area contributed by atoms with Crippen molar-refractivity contribution in [1.82, 2.24) is 0 Å². The van der Waals surface area contributed by atoms with Crippen LogP contribution in [0.2, 0.25) is 0 Å². The van der Waals surface area contributed by atoms with Gasteiger partial charge >= 0.3 is 0 Å².